The fourth-order valence-electron chi connectivity index (χ4n) is 6.04. The average molecular weight is 670 g/mol. The van der Waals surface area contributed by atoms with Gasteiger partial charge < -0.3 is 20.4 Å². The Morgan fingerprint density at radius 3 is 2.57 bits per heavy atom. The van der Waals surface area contributed by atoms with Crippen LogP contribution in [-0.2, 0) is 29.5 Å². The van der Waals surface area contributed by atoms with Crippen molar-refractivity contribution in [1.82, 2.24) is 29.2 Å². The van der Waals surface area contributed by atoms with Gasteiger partial charge in [0.15, 0.2) is 5.82 Å². The number of aromatic nitrogens is 4. The molecule has 3 aliphatic rings. The highest BCUT2D eigenvalue weighted by Crippen LogP contribution is 2.38. The van der Waals surface area contributed by atoms with Gasteiger partial charge in [-0.1, -0.05) is 6.08 Å². The van der Waals surface area contributed by atoms with Crippen LogP contribution in [0.2, 0.25) is 0 Å². The summed E-state index contributed by atoms with van der Waals surface area (Å²) >= 11 is 0. The van der Waals surface area contributed by atoms with Gasteiger partial charge in [0.1, 0.15) is 11.5 Å². The van der Waals surface area contributed by atoms with Crippen LogP contribution in [0, 0.1) is 6.92 Å². The van der Waals surface area contributed by atoms with Crippen molar-refractivity contribution in [3.8, 4) is 0 Å². The molecule has 1 unspecified atom stereocenters. The van der Waals surface area contributed by atoms with Crippen LogP contribution in [0.1, 0.15) is 51.1 Å². The summed E-state index contributed by atoms with van der Waals surface area (Å²) in [4.78, 5) is 31.7. The minimum atomic E-state index is -4.62. The standard InChI is InChI=1S/C31H37F2N9O4S/c1-4-42-27(16-20(2)38-42)30(44)34-26-17-22(40-14-12-39(3)13-15-40)7-8-23(26)29(43)35-28-24-19-41(11-9-25(24)36-37-28)47(45,46)31(33)10-5-6-21(32)18-31/h5-8,10,16-17H,4,9,11-15,18-19H2,1-3H3,(H,34,44)(H2,35,36,37,43). The summed E-state index contributed by atoms with van der Waals surface area (Å²) in [6, 6.07) is 6.88. The summed E-state index contributed by atoms with van der Waals surface area (Å²) in [5, 5.41) is 14.1. The van der Waals surface area contributed by atoms with Crippen molar-refractivity contribution in [1.29, 1.82) is 0 Å². The number of carbonyl (C=O) groups excluding carboxylic acids is 2. The molecule has 2 amide bonds. The lowest BCUT2D eigenvalue weighted by molar-refractivity contribution is 0.101. The Bertz CT molecular complexity index is 1880. The number of fused-ring (bicyclic) bond motifs is 1. The first-order chi connectivity index (χ1) is 22.4. The van der Waals surface area contributed by atoms with E-state index >= 15 is 4.39 Å². The summed E-state index contributed by atoms with van der Waals surface area (Å²) in [6.07, 6.45) is 2.19. The van der Waals surface area contributed by atoms with Crippen molar-refractivity contribution in [2.75, 3.05) is 55.3 Å². The van der Waals surface area contributed by atoms with Gasteiger partial charge >= 0.3 is 0 Å². The summed E-state index contributed by atoms with van der Waals surface area (Å²) in [6.45, 7) is 7.09. The molecule has 6 rings (SSSR count). The van der Waals surface area contributed by atoms with Gasteiger partial charge in [-0.2, -0.15) is 14.5 Å². The van der Waals surface area contributed by atoms with Crippen LogP contribution < -0.4 is 15.5 Å². The third-order valence-corrected chi connectivity index (χ3v) is 10.9. The van der Waals surface area contributed by atoms with Gasteiger partial charge in [0.2, 0.25) is 5.00 Å². The van der Waals surface area contributed by atoms with E-state index in [0.29, 0.717) is 29.2 Å². The molecule has 13 nitrogen and oxygen atoms in total. The van der Waals surface area contributed by atoms with Gasteiger partial charge in [0, 0.05) is 69.2 Å². The Morgan fingerprint density at radius 2 is 1.85 bits per heavy atom. The molecule has 1 aliphatic carbocycles. The van der Waals surface area contributed by atoms with Crippen molar-refractivity contribution < 1.29 is 26.8 Å². The summed E-state index contributed by atoms with van der Waals surface area (Å²) < 4.78 is 58.7. The summed E-state index contributed by atoms with van der Waals surface area (Å²) in [5.41, 5.74) is 3.26. The van der Waals surface area contributed by atoms with Crippen molar-refractivity contribution in [3.63, 3.8) is 0 Å². The van der Waals surface area contributed by atoms with Gasteiger partial charge in [-0.05, 0) is 57.3 Å². The number of aromatic amines is 1. The van der Waals surface area contributed by atoms with Crippen LogP contribution in [0.5, 0.6) is 0 Å². The third-order valence-electron chi connectivity index (χ3n) is 8.73. The van der Waals surface area contributed by atoms with Crippen LogP contribution in [-0.4, -0.2) is 94.2 Å². The van der Waals surface area contributed by atoms with E-state index in [1.807, 2.05) is 13.0 Å². The number of amides is 2. The number of aryl methyl sites for hydroxylation is 2. The minimum absolute atomic E-state index is 0.0481. The number of rotatable bonds is 8. The zero-order valence-corrected chi connectivity index (χ0v) is 27.2. The zero-order chi connectivity index (χ0) is 33.5. The first-order valence-electron chi connectivity index (χ1n) is 15.4. The van der Waals surface area contributed by atoms with Gasteiger partial charge in [-0.15, -0.1) is 0 Å². The molecule has 1 saturated heterocycles. The molecule has 0 radical (unpaired) electrons. The molecular formula is C31H37F2N9O4S. The maximum absolute atomic E-state index is 15.6. The first kappa shape index (κ1) is 32.5. The smallest absolute Gasteiger partial charge is 0.273 e. The lowest BCUT2D eigenvalue weighted by Crippen LogP contribution is -2.47. The van der Waals surface area contributed by atoms with E-state index in [-0.39, 0.29) is 36.6 Å². The largest absolute Gasteiger partial charge is 0.369 e. The predicted molar refractivity (Wildman–Crippen MR) is 173 cm³/mol. The molecule has 0 saturated carbocycles. The number of H-pyrrole nitrogens is 1. The molecule has 1 fully saturated rings. The second-order valence-corrected chi connectivity index (χ2v) is 14.1. The van der Waals surface area contributed by atoms with Crippen molar-refractivity contribution in [2.45, 2.75) is 44.8 Å². The van der Waals surface area contributed by atoms with E-state index in [1.54, 1.807) is 29.8 Å². The molecule has 4 heterocycles. The van der Waals surface area contributed by atoms with E-state index in [2.05, 4.69) is 42.8 Å². The Hall–Kier alpha value is -4.41. The molecule has 2 aromatic heterocycles. The maximum Gasteiger partial charge on any atom is 0.273 e. The summed E-state index contributed by atoms with van der Waals surface area (Å²) in [5.74, 6) is -1.83. The van der Waals surface area contributed by atoms with Crippen LogP contribution in [0.25, 0.3) is 0 Å². The second-order valence-electron chi connectivity index (χ2n) is 12.0. The minimum Gasteiger partial charge on any atom is -0.369 e. The third kappa shape index (κ3) is 6.32. The van der Waals surface area contributed by atoms with E-state index in [0.717, 1.165) is 54.4 Å². The number of halogens is 2. The van der Waals surface area contributed by atoms with Gasteiger partial charge in [-0.3, -0.25) is 19.4 Å². The van der Waals surface area contributed by atoms with E-state index in [4.69, 9.17) is 0 Å². The molecule has 250 valence electrons. The number of hydrogen-bond acceptors (Lipinski definition) is 8. The van der Waals surface area contributed by atoms with Gasteiger partial charge in [0.25, 0.3) is 21.8 Å². The van der Waals surface area contributed by atoms with Crippen LogP contribution >= 0.6 is 0 Å². The molecule has 2 aliphatic heterocycles. The zero-order valence-electron chi connectivity index (χ0n) is 26.4. The predicted octanol–water partition coefficient (Wildman–Crippen LogP) is 3.36. The number of nitrogens with zero attached hydrogens (tertiary/aromatic N) is 6. The first-order valence-corrected chi connectivity index (χ1v) is 16.9. The van der Waals surface area contributed by atoms with E-state index in [9.17, 15) is 22.4 Å². The Balaban J connectivity index is 1.27. The lowest BCUT2D eigenvalue weighted by atomic mass is 10.1. The summed E-state index contributed by atoms with van der Waals surface area (Å²) in [7, 11) is -2.57. The molecule has 16 heteroatoms. The number of allylic oxidation sites excluding steroid dienone is 3. The van der Waals surface area contributed by atoms with Crippen molar-refractivity contribution in [2.24, 2.45) is 0 Å². The Kier molecular flexibility index (Phi) is 8.76. The number of alkyl halides is 1. The fraction of sp³-hybridized carbons (Fsp3) is 0.419. The van der Waals surface area contributed by atoms with E-state index < -0.39 is 39.1 Å². The average Bonchev–Trinajstić information content (AvgIpc) is 3.63. The number of benzene rings is 1. The molecule has 1 aromatic carbocycles. The lowest BCUT2D eigenvalue weighted by Gasteiger charge is -2.34. The number of nitrogens with one attached hydrogen (secondary N) is 3. The SMILES string of the molecule is CCn1nc(C)cc1C(=O)Nc1cc(N2CCN(C)CC2)ccc1C(=O)Nc1n[nH]c2c1CN(S(=O)(=O)C1(F)C=CC=C(F)C1)CC2. The van der Waals surface area contributed by atoms with Crippen molar-refractivity contribution in [3.05, 3.63) is 76.5 Å². The normalized spacial score (nSPS) is 20.5. The number of carbonyl (C=O) groups is 2. The second kappa shape index (κ2) is 12.7. The number of piperazine rings is 1. The number of sulfonamides is 1. The molecule has 0 spiro atoms. The molecule has 47 heavy (non-hydrogen) atoms. The molecule has 1 atom stereocenters. The highest BCUT2D eigenvalue weighted by atomic mass is 32.2. The van der Waals surface area contributed by atoms with Gasteiger partial charge in [-0.25, -0.2) is 17.2 Å². The number of likely N-dealkylation sites (N-methyl/N-ethyl adjacent to an activating group) is 1. The Morgan fingerprint density at radius 1 is 1.09 bits per heavy atom. The quantitative estimate of drug-likeness (QED) is 0.331. The van der Waals surface area contributed by atoms with E-state index in [1.165, 1.54) is 0 Å². The fourth-order valence-corrected chi connectivity index (χ4v) is 7.67. The highest BCUT2D eigenvalue weighted by Gasteiger charge is 2.48. The highest BCUT2D eigenvalue weighted by molar-refractivity contribution is 7.90. The van der Waals surface area contributed by atoms with Crippen LogP contribution in [0.4, 0.5) is 26.0 Å². The number of hydrogen-bond donors (Lipinski definition) is 3. The Labute approximate surface area is 271 Å². The van der Waals surface area contributed by atoms with Crippen LogP contribution in [0.3, 0.4) is 0 Å². The van der Waals surface area contributed by atoms with Crippen molar-refractivity contribution >= 4 is 39.0 Å². The molecular weight excluding hydrogens is 632 g/mol. The molecule has 3 aromatic rings. The maximum atomic E-state index is 15.6. The topological polar surface area (TPSA) is 149 Å². The van der Waals surface area contributed by atoms with Crippen LogP contribution in [0.15, 0.2) is 48.3 Å². The monoisotopic (exact) mass is 669 g/mol. The molecule has 0 bridgehead atoms. The molecule has 3 N–H and O–H groups in total. The number of anilines is 3. The van der Waals surface area contributed by atoms with Gasteiger partial charge in [0.05, 0.1) is 23.4 Å².